The van der Waals surface area contributed by atoms with Gasteiger partial charge in [0.2, 0.25) is 5.91 Å². The third-order valence-corrected chi connectivity index (χ3v) is 3.52. The summed E-state index contributed by atoms with van der Waals surface area (Å²) in [6.07, 6.45) is 1.11. The van der Waals surface area contributed by atoms with Crippen LogP contribution in [0, 0.1) is 11.8 Å². The summed E-state index contributed by atoms with van der Waals surface area (Å²) in [5, 5.41) is 3.33. The minimum absolute atomic E-state index is 0.0102. The monoisotopic (exact) mass is 242 g/mol. The van der Waals surface area contributed by atoms with Crippen molar-refractivity contribution in [2.24, 2.45) is 11.8 Å². The molecule has 1 fully saturated rings. The molecule has 3 atom stereocenters. The summed E-state index contributed by atoms with van der Waals surface area (Å²) in [5.74, 6) is 0.765. The third kappa shape index (κ3) is 3.96. The van der Waals surface area contributed by atoms with E-state index >= 15 is 0 Å². The number of rotatable bonds is 6. The SMILES string of the molecule is CCNC1COCC1C(=O)N(C)CC(C)CC. The summed E-state index contributed by atoms with van der Waals surface area (Å²) >= 11 is 0. The number of carbonyl (C=O) groups excluding carboxylic acids is 1. The van der Waals surface area contributed by atoms with E-state index in [-0.39, 0.29) is 17.9 Å². The van der Waals surface area contributed by atoms with Crippen LogP contribution >= 0.6 is 0 Å². The maximum absolute atomic E-state index is 12.3. The van der Waals surface area contributed by atoms with Crippen LogP contribution < -0.4 is 5.32 Å². The molecule has 0 aromatic carbocycles. The van der Waals surface area contributed by atoms with Gasteiger partial charge in [-0.1, -0.05) is 27.2 Å². The highest BCUT2D eigenvalue weighted by atomic mass is 16.5. The van der Waals surface area contributed by atoms with E-state index in [0.717, 1.165) is 19.5 Å². The molecule has 1 heterocycles. The van der Waals surface area contributed by atoms with Crippen molar-refractivity contribution in [1.29, 1.82) is 0 Å². The van der Waals surface area contributed by atoms with Gasteiger partial charge in [0.25, 0.3) is 0 Å². The average Bonchev–Trinajstić information content (AvgIpc) is 2.76. The number of nitrogens with zero attached hydrogens (tertiary/aromatic N) is 1. The molecule has 1 amide bonds. The van der Waals surface area contributed by atoms with Gasteiger partial charge in [-0.3, -0.25) is 4.79 Å². The highest BCUT2D eigenvalue weighted by Crippen LogP contribution is 2.17. The molecule has 100 valence electrons. The summed E-state index contributed by atoms with van der Waals surface area (Å²) in [5.41, 5.74) is 0. The molecular weight excluding hydrogens is 216 g/mol. The van der Waals surface area contributed by atoms with E-state index in [0.29, 0.717) is 19.1 Å². The molecule has 1 aliphatic rings. The van der Waals surface area contributed by atoms with Crippen LogP contribution in [0.2, 0.25) is 0 Å². The molecule has 4 nitrogen and oxygen atoms in total. The van der Waals surface area contributed by atoms with Crippen molar-refractivity contribution in [3.8, 4) is 0 Å². The second-order valence-corrected chi connectivity index (χ2v) is 5.04. The molecule has 4 heteroatoms. The lowest BCUT2D eigenvalue weighted by Crippen LogP contribution is -2.45. The van der Waals surface area contributed by atoms with Gasteiger partial charge in [0, 0.05) is 19.6 Å². The van der Waals surface area contributed by atoms with Crippen molar-refractivity contribution in [3.05, 3.63) is 0 Å². The van der Waals surface area contributed by atoms with E-state index in [1.165, 1.54) is 0 Å². The lowest BCUT2D eigenvalue weighted by Gasteiger charge is -2.26. The third-order valence-electron chi connectivity index (χ3n) is 3.52. The second-order valence-electron chi connectivity index (χ2n) is 5.04. The lowest BCUT2D eigenvalue weighted by atomic mass is 10.0. The molecule has 0 aromatic rings. The van der Waals surface area contributed by atoms with Crippen LogP contribution in [0.4, 0.5) is 0 Å². The topological polar surface area (TPSA) is 41.6 Å². The van der Waals surface area contributed by atoms with E-state index in [2.05, 4.69) is 26.1 Å². The predicted octanol–water partition coefficient (Wildman–Crippen LogP) is 1.12. The minimum atomic E-state index is -0.0102. The fourth-order valence-corrected chi connectivity index (χ4v) is 2.23. The van der Waals surface area contributed by atoms with Crippen LogP contribution in [0.1, 0.15) is 27.2 Å². The van der Waals surface area contributed by atoms with Crippen LogP contribution in [0.15, 0.2) is 0 Å². The number of carbonyl (C=O) groups is 1. The maximum atomic E-state index is 12.3. The van der Waals surface area contributed by atoms with Gasteiger partial charge in [-0.25, -0.2) is 0 Å². The first-order valence-corrected chi connectivity index (χ1v) is 6.66. The number of hydrogen-bond acceptors (Lipinski definition) is 3. The zero-order valence-corrected chi connectivity index (χ0v) is 11.5. The molecule has 0 spiro atoms. The molecule has 3 unspecified atom stereocenters. The number of hydrogen-bond donors (Lipinski definition) is 1. The first kappa shape index (κ1) is 14.5. The second kappa shape index (κ2) is 6.97. The molecule has 17 heavy (non-hydrogen) atoms. The first-order chi connectivity index (χ1) is 8.10. The van der Waals surface area contributed by atoms with Crippen molar-refractivity contribution in [2.45, 2.75) is 33.2 Å². The molecule has 1 rings (SSSR count). The Kier molecular flexibility index (Phi) is 5.92. The Morgan fingerprint density at radius 3 is 2.76 bits per heavy atom. The van der Waals surface area contributed by atoms with Crippen molar-refractivity contribution >= 4 is 5.91 Å². The Labute approximate surface area is 105 Å². The summed E-state index contributed by atoms with van der Waals surface area (Å²) in [6.45, 7) is 9.32. The Morgan fingerprint density at radius 1 is 1.47 bits per heavy atom. The predicted molar refractivity (Wildman–Crippen MR) is 68.9 cm³/mol. The highest BCUT2D eigenvalue weighted by Gasteiger charge is 2.35. The zero-order valence-electron chi connectivity index (χ0n) is 11.5. The van der Waals surface area contributed by atoms with Crippen LogP contribution in [-0.2, 0) is 9.53 Å². The summed E-state index contributed by atoms with van der Waals surface area (Å²) in [6, 6.07) is 0.187. The maximum Gasteiger partial charge on any atom is 0.229 e. The molecule has 0 aliphatic carbocycles. The molecule has 0 bridgehead atoms. The molecule has 1 aliphatic heterocycles. The smallest absolute Gasteiger partial charge is 0.229 e. The van der Waals surface area contributed by atoms with Gasteiger partial charge in [0.05, 0.1) is 19.1 Å². The van der Waals surface area contributed by atoms with Gasteiger partial charge in [-0.15, -0.1) is 0 Å². The standard InChI is InChI=1S/C13H26N2O2/c1-5-10(3)7-15(4)13(16)11-8-17-9-12(11)14-6-2/h10-12,14H,5-9H2,1-4H3. The fourth-order valence-electron chi connectivity index (χ4n) is 2.23. The molecular formula is C13H26N2O2. The summed E-state index contributed by atoms with van der Waals surface area (Å²) in [7, 11) is 1.90. The average molecular weight is 242 g/mol. The molecule has 0 aromatic heterocycles. The number of nitrogens with one attached hydrogen (secondary N) is 1. The van der Waals surface area contributed by atoms with E-state index in [4.69, 9.17) is 4.74 Å². The van der Waals surface area contributed by atoms with Crippen LogP contribution in [-0.4, -0.2) is 50.2 Å². The normalized spacial score (nSPS) is 25.9. The molecule has 0 radical (unpaired) electrons. The van der Waals surface area contributed by atoms with Crippen LogP contribution in [0.3, 0.4) is 0 Å². The Hall–Kier alpha value is -0.610. The van der Waals surface area contributed by atoms with Gasteiger partial charge in [-0.2, -0.15) is 0 Å². The highest BCUT2D eigenvalue weighted by molar-refractivity contribution is 5.79. The zero-order chi connectivity index (χ0) is 12.8. The summed E-state index contributed by atoms with van der Waals surface area (Å²) < 4.78 is 5.41. The van der Waals surface area contributed by atoms with Crippen LogP contribution in [0.25, 0.3) is 0 Å². The molecule has 1 saturated heterocycles. The lowest BCUT2D eigenvalue weighted by molar-refractivity contribution is -0.135. The Balaban J connectivity index is 2.50. The van der Waals surface area contributed by atoms with Gasteiger partial charge < -0.3 is 15.0 Å². The molecule has 1 N–H and O–H groups in total. The van der Waals surface area contributed by atoms with Crippen molar-refractivity contribution in [3.63, 3.8) is 0 Å². The van der Waals surface area contributed by atoms with E-state index in [1.54, 1.807) is 0 Å². The Bertz CT molecular complexity index is 246. The summed E-state index contributed by atoms with van der Waals surface area (Å²) in [4.78, 5) is 14.1. The Morgan fingerprint density at radius 2 is 2.18 bits per heavy atom. The van der Waals surface area contributed by atoms with Crippen LogP contribution in [0.5, 0.6) is 0 Å². The minimum Gasteiger partial charge on any atom is -0.379 e. The van der Waals surface area contributed by atoms with Crippen molar-refractivity contribution in [2.75, 3.05) is 33.4 Å². The van der Waals surface area contributed by atoms with Crippen molar-refractivity contribution in [1.82, 2.24) is 10.2 Å². The largest absolute Gasteiger partial charge is 0.379 e. The first-order valence-electron chi connectivity index (χ1n) is 6.66. The number of likely N-dealkylation sites (N-methyl/N-ethyl adjacent to an activating group) is 1. The van der Waals surface area contributed by atoms with Gasteiger partial charge in [0.1, 0.15) is 0 Å². The molecule has 0 saturated carbocycles. The number of ether oxygens (including phenoxy) is 1. The number of amides is 1. The van der Waals surface area contributed by atoms with Gasteiger partial charge >= 0.3 is 0 Å². The van der Waals surface area contributed by atoms with Gasteiger partial charge in [0.15, 0.2) is 0 Å². The van der Waals surface area contributed by atoms with E-state index < -0.39 is 0 Å². The van der Waals surface area contributed by atoms with Gasteiger partial charge in [-0.05, 0) is 12.5 Å². The van der Waals surface area contributed by atoms with E-state index in [1.807, 2.05) is 11.9 Å². The quantitative estimate of drug-likeness (QED) is 0.759. The van der Waals surface area contributed by atoms with E-state index in [9.17, 15) is 4.79 Å². The fraction of sp³-hybridized carbons (Fsp3) is 0.923. The van der Waals surface area contributed by atoms with Crippen molar-refractivity contribution < 1.29 is 9.53 Å².